The van der Waals surface area contributed by atoms with Gasteiger partial charge in [0.2, 0.25) is 11.8 Å². The van der Waals surface area contributed by atoms with Crippen molar-refractivity contribution in [1.82, 2.24) is 5.32 Å². The van der Waals surface area contributed by atoms with Crippen LogP contribution >= 0.6 is 0 Å². The van der Waals surface area contributed by atoms with Crippen molar-refractivity contribution in [3.8, 4) is 0 Å². The molecule has 1 saturated heterocycles. The summed E-state index contributed by atoms with van der Waals surface area (Å²) >= 11 is 0. The minimum absolute atomic E-state index is 0.0582. The third-order valence-electron chi connectivity index (χ3n) is 2.69. The number of fused-ring (bicyclic) bond motifs is 1. The first-order valence-electron chi connectivity index (χ1n) is 4.34. The van der Waals surface area contributed by atoms with Crippen molar-refractivity contribution in [3.05, 3.63) is 0 Å². The van der Waals surface area contributed by atoms with Gasteiger partial charge in [-0.05, 0) is 11.8 Å². The van der Waals surface area contributed by atoms with Crippen LogP contribution in [0, 0.1) is 17.8 Å². The third kappa shape index (κ3) is 1.51. The van der Waals surface area contributed by atoms with E-state index >= 15 is 0 Å². The van der Waals surface area contributed by atoms with E-state index in [2.05, 4.69) is 5.32 Å². The molecule has 0 aromatic heterocycles. The van der Waals surface area contributed by atoms with Crippen LogP contribution in [0.1, 0.15) is 0 Å². The number of ether oxygens (including phenoxy) is 1. The Balaban J connectivity index is 1.77. The highest BCUT2D eigenvalue weighted by atomic mass is 16.5. The predicted molar refractivity (Wildman–Crippen MR) is 43.5 cm³/mol. The van der Waals surface area contributed by atoms with E-state index in [0.717, 1.165) is 0 Å². The third-order valence-corrected chi connectivity index (χ3v) is 2.69. The quantitative estimate of drug-likeness (QED) is 0.559. The van der Waals surface area contributed by atoms with Gasteiger partial charge < -0.3 is 15.8 Å². The van der Waals surface area contributed by atoms with Crippen LogP contribution in [0.3, 0.4) is 0 Å². The van der Waals surface area contributed by atoms with Crippen molar-refractivity contribution < 1.29 is 14.3 Å². The van der Waals surface area contributed by atoms with Crippen LogP contribution in [-0.4, -0.2) is 31.6 Å². The van der Waals surface area contributed by atoms with Crippen molar-refractivity contribution in [1.29, 1.82) is 0 Å². The highest BCUT2D eigenvalue weighted by molar-refractivity contribution is 5.87. The molecule has 0 radical (unpaired) electrons. The first-order valence-corrected chi connectivity index (χ1v) is 4.34. The van der Waals surface area contributed by atoms with Gasteiger partial charge in [-0.3, -0.25) is 9.59 Å². The second kappa shape index (κ2) is 2.99. The molecule has 3 N–H and O–H groups in total. The van der Waals surface area contributed by atoms with Crippen LogP contribution in [0.2, 0.25) is 0 Å². The molecule has 2 atom stereocenters. The number of nitrogens with one attached hydrogen (secondary N) is 1. The Morgan fingerprint density at radius 1 is 1.38 bits per heavy atom. The summed E-state index contributed by atoms with van der Waals surface area (Å²) in [6.45, 7) is 1.30. The van der Waals surface area contributed by atoms with E-state index in [1.165, 1.54) is 0 Å². The second-order valence-electron chi connectivity index (χ2n) is 3.58. The fourth-order valence-corrected chi connectivity index (χ4v) is 1.92. The van der Waals surface area contributed by atoms with Gasteiger partial charge in [0.15, 0.2) is 0 Å². The van der Waals surface area contributed by atoms with Gasteiger partial charge in [-0.15, -0.1) is 0 Å². The van der Waals surface area contributed by atoms with Gasteiger partial charge in [-0.1, -0.05) is 0 Å². The van der Waals surface area contributed by atoms with Crippen LogP contribution in [-0.2, 0) is 14.3 Å². The Morgan fingerprint density at radius 2 is 2.00 bits per heavy atom. The van der Waals surface area contributed by atoms with Gasteiger partial charge in [-0.25, -0.2) is 0 Å². The number of hydrogen-bond donors (Lipinski definition) is 2. The first kappa shape index (κ1) is 8.50. The minimum atomic E-state index is -0.504. The molecule has 5 nitrogen and oxygen atoms in total. The van der Waals surface area contributed by atoms with Crippen molar-refractivity contribution in [2.45, 2.75) is 0 Å². The minimum Gasteiger partial charge on any atom is -0.381 e. The van der Waals surface area contributed by atoms with Crippen molar-refractivity contribution >= 4 is 11.8 Å². The number of carbonyl (C=O) groups is 2. The van der Waals surface area contributed by atoms with Gasteiger partial charge >= 0.3 is 0 Å². The summed E-state index contributed by atoms with van der Waals surface area (Å²) in [4.78, 5) is 21.7. The molecule has 1 heterocycles. The largest absolute Gasteiger partial charge is 0.381 e. The molecule has 2 rings (SSSR count). The number of nitrogens with two attached hydrogens (primary N) is 1. The maximum atomic E-state index is 11.3. The van der Waals surface area contributed by atoms with Gasteiger partial charge in [-0.2, -0.15) is 0 Å². The zero-order valence-corrected chi connectivity index (χ0v) is 7.16. The molecule has 72 valence electrons. The molecule has 1 saturated carbocycles. The predicted octanol–water partition coefficient (Wildman–Crippen LogP) is -1.52. The lowest BCUT2D eigenvalue weighted by Gasteiger charge is -2.04. The van der Waals surface area contributed by atoms with E-state index < -0.39 is 5.91 Å². The topological polar surface area (TPSA) is 81.4 Å². The van der Waals surface area contributed by atoms with Gasteiger partial charge in [0, 0.05) is 5.92 Å². The number of amides is 2. The molecule has 2 aliphatic rings. The van der Waals surface area contributed by atoms with Gasteiger partial charge in [0.1, 0.15) is 0 Å². The summed E-state index contributed by atoms with van der Waals surface area (Å²) < 4.78 is 5.14. The zero-order valence-electron chi connectivity index (χ0n) is 7.16. The van der Waals surface area contributed by atoms with Crippen LogP contribution in [0.25, 0.3) is 0 Å². The maximum Gasteiger partial charge on any atom is 0.236 e. The first-order chi connectivity index (χ1) is 6.20. The summed E-state index contributed by atoms with van der Waals surface area (Å²) in [5.41, 5.74) is 4.90. The second-order valence-corrected chi connectivity index (χ2v) is 3.58. The molecule has 1 aliphatic heterocycles. The van der Waals surface area contributed by atoms with Crippen molar-refractivity contribution in [3.63, 3.8) is 0 Å². The molecule has 2 fully saturated rings. The summed E-state index contributed by atoms with van der Waals surface area (Å²) in [5, 5.41) is 2.50. The van der Waals surface area contributed by atoms with E-state index in [9.17, 15) is 9.59 Å². The Hall–Kier alpha value is -1.10. The fraction of sp³-hybridized carbons (Fsp3) is 0.750. The smallest absolute Gasteiger partial charge is 0.236 e. The van der Waals surface area contributed by atoms with Crippen molar-refractivity contribution in [2.24, 2.45) is 23.5 Å². The molecule has 0 aromatic carbocycles. The van der Waals surface area contributed by atoms with Gasteiger partial charge in [0.05, 0.1) is 19.8 Å². The van der Waals surface area contributed by atoms with Crippen LogP contribution in [0.15, 0.2) is 0 Å². The van der Waals surface area contributed by atoms with E-state index in [1.54, 1.807) is 0 Å². The van der Waals surface area contributed by atoms with E-state index in [4.69, 9.17) is 10.5 Å². The molecule has 2 unspecified atom stereocenters. The van der Waals surface area contributed by atoms with Gasteiger partial charge in [0.25, 0.3) is 0 Å². The molecule has 5 heteroatoms. The van der Waals surface area contributed by atoms with Crippen LogP contribution < -0.4 is 11.1 Å². The monoisotopic (exact) mass is 184 g/mol. The fourth-order valence-electron chi connectivity index (χ4n) is 1.92. The Kier molecular flexibility index (Phi) is 1.95. The van der Waals surface area contributed by atoms with E-state index in [-0.39, 0.29) is 18.4 Å². The van der Waals surface area contributed by atoms with Crippen LogP contribution in [0.4, 0.5) is 0 Å². The summed E-state index contributed by atoms with van der Waals surface area (Å²) in [5.74, 6) is 0.265. The lowest BCUT2D eigenvalue weighted by molar-refractivity contribution is -0.126. The molecule has 0 bridgehead atoms. The number of hydrogen-bond acceptors (Lipinski definition) is 3. The molecule has 2 amide bonds. The highest BCUT2D eigenvalue weighted by Gasteiger charge is 2.57. The molecular formula is C8H12N2O3. The molecule has 0 spiro atoms. The SMILES string of the molecule is NC(=O)CNC(=O)C1C2COCC21. The van der Waals surface area contributed by atoms with Crippen molar-refractivity contribution in [2.75, 3.05) is 19.8 Å². The van der Waals surface area contributed by atoms with Crippen LogP contribution in [0.5, 0.6) is 0 Å². The molecular weight excluding hydrogens is 172 g/mol. The zero-order chi connectivity index (χ0) is 9.42. The average Bonchev–Trinajstić information content (AvgIpc) is 2.56. The average molecular weight is 184 g/mol. The summed E-state index contributed by atoms with van der Waals surface area (Å²) in [6, 6.07) is 0. The number of rotatable bonds is 3. The summed E-state index contributed by atoms with van der Waals surface area (Å²) in [6.07, 6.45) is 0. The highest BCUT2D eigenvalue weighted by Crippen LogP contribution is 2.50. The lowest BCUT2D eigenvalue weighted by Crippen LogP contribution is -2.35. The molecule has 13 heavy (non-hydrogen) atoms. The standard InChI is InChI=1S/C8H12N2O3/c9-6(11)1-10-8(12)7-4-2-13-3-5(4)7/h4-5,7H,1-3H2,(H2,9,11)(H,10,12). The normalized spacial score (nSPS) is 35.2. The van der Waals surface area contributed by atoms with E-state index in [0.29, 0.717) is 25.0 Å². The lowest BCUT2D eigenvalue weighted by atomic mass is 10.3. The Labute approximate surface area is 75.6 Å². The van der Waals surface area contributed by atoms with E-state index in [1.807, 2.05) is 0 Å². The maximum absolute atomic E-state index is 11.3. The number of carbonyl (C=O) groups excluding carboxylic acids is 2. The molecule has 1 aliphatic carbocycles. The number of primary amides is 1. The molecule has 0 aromatic rings. The Morgan fingerprint density at radius 3 is 2.54 bits per heavy atom. The Bertz CT molecular complexity index is 244. The summed E-state index contributed by atoms with van der Waals surface area (Å²) in [7, 11) is 0.